The van der Waals surface area contributed by atoms with Crippen molar-refractivity contribution in [2.75, 3.05) is 18.4 Å². The van der Waals surface area contributed by atoms with E-state index < -0.39 is 23.6 Å². The second-order valence-electron chi connectivity index (χ2n) is 12.9. The Kier molecular flexibility index (Phi) is 12.4. The lowest BCUT2D eigenvalue weighted by molar-refractivity contribution is -0.119. The summed E-state index contributed by atoms with van der Waals surface area (Å²) >= 11 is 0. The molecule has 3 amide bonds. The fraction of sp³-hybridized carbons (Fsp3) is 0.378. The molecule has 4 aromatic rings. The van der Waals surface area contributed by atoms with Crippen molar-refractivity contribution >= 4 is 28.9 Å². The number of benzene rings is 2. The van der Waals surface area contributed by atoms with Gasteiger partial charge in [-0.1, -0.05) is 24.1 Å². The maximum Gasteiger partial charge on any atom is 0.325 e. The van der Waals surface area contributed by atoms with Gasteiger partial charge in [-0.15, -0.1) is 0 Å². The van der Waals surface area contributed by atoms with Gasteiger partial charge in [-0.25, -0.2) is 18.1 Å². The van der Waals surface area contributed by atoms with Crippen molar-refractivity contribution in [2.45, 2.75) is 77.8 Å². The van der Waals surface area contributed by atoms with Crippen LogP contribution in [0.3, 0.4) is 0 Å². The molecular formula is C37H43F2N7O4. The van der Waals surface area contributed by atoms with Gasteiger partial charge >= 0.3 is 6.03 Å². The minimum Gasteiger partial charge on any atom is -0.434 e. The predicted molar refractivity (Wildman–Crippen MR) is 186 cm³/mol. The number of halogens is 2. The van der Waals surface area contributed by atoms with Crippen molar-refractivity contribution in [3.63, 3.8) is 0 Å². The van der Waals surface area contributed by atoms with Gasteiger partial charge in [0.2, 0.25) is 11.8 Å². The highest BCUT2D eigenvalue weighted by Crippen LogP contribution is 2.32. The molecule has 0 bridgehead atoms. The summed E-state index contributed by atoms with van der Waals surface area (Å²) in [6.07, 6.45) is 8.51. The van der Waals surface area contributed by atoms with Gasteiger partial charge in [-0.2, -0.15) is 10.1 Å². The molecule has 1 saturated heterocycles. The minimum atomic E-state index is -0.841. The van der Waals surface area contributed by atoms with Crippen molar-refractivity contribution in [1.29, 1.82) is 0 Å². The fourth-order valence-corrected chi connectivity index (χ4v) is 5.95. The minimum absolute atomic E-state index is 0.103. The van der Waals surface area contributed by atoms with Crippen LogP contribution in [0.5, 0.6) is 11.6 Å². The van der Waals surface area contributed by atoms with Crippen LogP contribution in [0.15, 0.2) is 66.5 Å². The lowest BCUT2D eigenvalue weighted by Gasteiger charge is -2.29. The Labute approximate surface area is 289 Å². The van der Waals surface area contributed by atoms with Crippen LogP contribution in [0.2, 0.25) is 0 Å². The number of nitrogens with zero attached hydrogens (tertiary/aromatic N) is 4. The number of imide groups is 1. The Morgan fingerprint density at radius 1 is 1.02 bits per heavy atom. The topological polar surface area (TPSA) is 144 Å². The highest BCUT2D eigenvalue weighted by Gasteiger charge is 2.22. The first-order chi connectivity index (χ1) is 24.0. The number of carbonyl (C=O) groups is 3. The summed E-state index contributed by atoms with van der Waals surface area (Å²) in [7, 11) is 0. The predicted octanol–water partition coefficient (Wildman–Crippen LogP) is 6.25. The van der Waals surface area contributed by atoms with Crippen molar-refractivity contribution in [1.82, 2.24) is 24.8 Å². The number of carbonyl (C=O) groups excluding carboxylic acids is 3. The van der Waals surface area contributed by atoms with Gasteiger partial charge < -0.3 is 15.8 Å². The summed E-state index contributed by atoms with van der Waals surface area (Å²) in [5.74, 6) is -1.57. The third-order valence-corrected chi connectivity index (χ3v) is 8.43. The van der Waals surface area contributed by atoms with Crippen LogP contribution in [0.4, 0.5) is 19.3 Å². The molecule has 4 N–H and O–H groups in total. The number of rotatable bonds is 14. The average Bonchev–Trinajstić information content (AvgIpc) is 3.41. The molecule has 13 heteroatoms. The Morgan fingerprint density at radius 3 is 2.50 bits per heavy atom. The number of urea groups is 1. The number of aromatic nitrogens is 3. The van der Waals surface area contributed by atoms with E-state index in [1.165, 1.54) is 42.7 Å². The van der Waals surface area contributed by atoms with Crippen molar-refractivity contribution in [3.8, 4) is 11.6 Å². The van der Waals surface area contributed by atoms with E-state index in [9.17, 15) is 18.8 Å². The molecule has 2 aromatic heterocycles. The maximum atomic E-state index is 15.4. The summed E-state index contributed by atoms with van der Waals surface area (Å²) < 4.78 is 36.3. The molecule has 2 aromatic carbocycles. The first kappa shape index (κ1) is 36.3. The average molecular weight is 688 g/mol. The second-order valence-corrected chi connectivity index (χ2v) is 12.9. The van der Waals surface area contributed by atoms with Crippen LogP contribution in [-0.2, 0) is 29.0 Å². The number of allylic oxidation sites excluding steroid dienone is 2. The van der Waals surface area contributed by atoms with E-state index in [0.29, 0.717) is 24.0 Å². The van der Waals surface area contributed by atoms with Gasteiger partial charge in [0.25, 0.3) is 0 Å². The van der Waals surface area contributed by atoms with E-state index in [-0.39, 0.29) is 35.6 Å². The summed E-state index contributed by atoms with van der Waals surface area (Å²) in [5, 5.41) is 9.14. The first-order valence-corrected chi connectivity index (χ1v) is 16.9. The number of ether oxygens (including phenoxy) is 1. The Bertz CT molecular complexity index is 1850. The monoisotopic (exact) mass is 687 g/mol. The number of nitrogens with one attached hydrogen (secondary N) is 2. The van der Waals surface area contributed by atoms with E-state index >= 15 is 4.39 Å². The normalized spacial score (nSPS) is 13.6. The van der Waals surface area contributed by atoms with Crippen LogP contribution >= 0.6 is 0 Å². The lowest BCUT2D eigenvalue weighted by Crippen LogP contribution is -2.39. The third-order valence-electron chi connectivity index (χ3n) is 8.43. The molecule has 264 valence electrons. The van der Waals surface area contributed by atoms with Crippen LogP contribution in [0.1, 0.15) is 69.2 Å². The summed E-state index contributed by atoms with van der Waals surface area (Å²) in [6.45, 7) is 6.16. The van der Waals surface area contributed by atoms with E-state index in [0.717, 1.165) is 74.5 Å². The zero-order valence-corrected chi connectivity index (χ0v) is 28.4. The van der Waals surface area contributed by atoms with E-state index in [4.69, 9.17) is 10.5 Å². The highest BCUT2D eigenvalue weighted by molar-refractivity contribution is 6.01. The molecule has 0 atom stereocenters. The van der Waals surface area contributed by atoms with E-state index in [2.05, 4.69) is 31.7 Å². The molecule has 0 spiro atoms. The highest BCUT2D eigenvalue weighted by atomic mass is 19.1. The maximum absolute atomic E-state index is 15.4. The number of hydrogen-bond acceptors (Lipinski definition) is 8. The third kappa shape index (κ3) is 10.3. The molecule has 0 unspecified atom stereocenters. The van der Waals surface area contributed by atoms with Gasteiger partial charge in [0.1, 0.15) is 17.7 Å². The SMILES string of the molecule is CC(C)=CC(=O)CCCCCc1cc(CN2CCC(N)CC2)c2c(Oc3ccc(NC(=O)NC(=O)Cc4ccc(F)cc4)cc3F)ncnn12. The van der Waals surface area contributed by atoms with Crippen LogP contribution in [0, 0.1) is 11.6 Å². The van der Waals surface area contributed by atoms with E-state index in [1.807, 2.05) is 13.8 Å². The Balaban J connectivity index is 1.27. The molecule has 11 nitrogen and oxygen atoms in total. The zero-order chi connectivity index (χ0) is 35.6. The van der Waals surface area contributed by atoms with E-state index in [1.54, 1.807) is 10.6 Å². The van der Waals surface area contributed by atoms with Crippen molar-refractivity contribution in [2.24, 2.45) is 5.73 Å². The van der Waals surface area contributed by atoms with Crippen LogP contribution in [-0.4, -0.2) is 56.4 Å². The summed E-state index contributed by atoms with van der Waals surface area (Å²) in [4.78, 5) is 43.4. The zero-order valence-electron chi connectivity index (χ0n) is 28.4. The van der Waals surface area contributed by atoms with Gasteiger partial charge in [-0.05, 0) is 107 Å². The van der Waals surface area contributed by atoms with Crippen LogP contribution < -0.4 is 21.1 Å². The number of aryl methyl sites for hydroxylation is 1. The molecule has 0 saturated carbocycles. The molecule has 1 aliphatic heterocycles. The molecular weight excluding hydrogens is 644 g/mol. The Hall–Kier alpha value is -5.01. The van der Waals surface area contributed by atoms with Crippen molar-refractivity contribution < 1.29 is 27.9 Å². The van der Waals surface area contributed by atoms with Gasteiger partial charge in [-0.3, -0.25) is 19.8 Å². The summed E-state index contributed by atoms with van der Waals surface area (Å²) in [5.41, 5.74) is 10.3. The quantitative estimate of drug-likeness (QED) is 0.104. The van der Waals surface area contributed by atoms with Gasteiger partial charge in [0.15, 0.2) is 17.3 Å². The second kappa shape index (κ2) is 17.1. The van der Waals surface area contributed by atoms with Crippen LogP contribution in [0.25, 0.3) is 5.52 Å². The molecule has 0 aliphatic carbocycles. The number of likely N-dealkylation sites (tertiary alicyclic amines) is 1. The number of anilines is 1. The molecule has 50 heavy (non-hydrogen) atoms. The molecule has 1 fully saturated rings. The lowest BCUT2D eigenvalue weighted by atomic mass is 10.1. The fourth-order valence-electron chi connectivity index (χ4n) is 5.95. The Morgan fingerprint density at radius 2 is 1.78 bits per heavy atom. The molecule has 5 rings (SSSR count). The number of nitrogens with two attached hydrogens (primary N) is 1. The van der Waals surface area contributed by atoms with Crippen molar-refractivity contribution in [3.05, 3.63) is 95.0 Å². The summed E-state index contributed by atoms with van der Waals surface area (Å²) in [6, 6.07) is 10.7. The number of piperidine rings is 1. The molecule has 1 aliphatic rings. The van der Waals surface area contributed by atoms with Gasteiger partial charge in [0.05, 0.1) is 6.42 Å². The number of amides is 3. The largest absolute Gasteiger partial charge is 0.434 e. The van der Waals surface area contributed by atoms with Gasteiger partial charge in [0, 0.05) is 36.5 Å². The number of hydrogen-bond donors (Lipinski definition) is 3. The number of ketones is 1. The smallest absolute Gasteiger partial charge is 0.325 e. The molecule has 3 heterocycles. The molecule has 0 radical (unpaired) electrons. The standard InChI is InChI=1S/C37H43F2N7O4/c1-24(2)18-31(47)7-5-3-4-6-30-20-26(22-45-16-14-28(40)15-17-45)35-36(41-23-42-46(30)35)50-33-13-12-29(21-32(33)39)43-37(49)44-34(48)19-25-8-10-27(38)11-9-25/h8-13,18,20-21,23,28H,3-7,14-17,19,22,40H2,1-2H3,(H2,43,44,48,49). The first-order valence-electron chi connectivity index (χ1n) is 16.9. The number of unbranched alkanes of at least 4 members (excludes halogenated alkanes) is 2. The number of fused-ring (bicyclic) bond motifs is 1.